The molecular formula is C13H32S. The van der Waals surface area contributed by atoms with E-state index in [1.165, 1.54) is 12.8 Å². The molecule has 0 amide bonds. The van der Waals surface area contributed by atoms with E-state index in [4.69, 9.17) is 0 Å². The van der Waals surface area contributed by atoms with Crippen molar-refractivity contribution in [1.82, 2.24) is 0 Å². The standard InChI is InChI=1S/C8H18S.C3H8.C2H6/c1-6-8(3,4)7(2)9-5;1-3-2;1-2/h7H,6H2,1-5H3;3H2,1-2H3;1-2H3. The summed E-state index contributed by atoms with van der Waals surface area (Å²) in [6.07, 6.45) is 4.71. The topological polar surface area (TPSA) is 0 Å². The van der Waals surface area contributed by atoms with E-state index in [0.29, 0.717) is 5.41 Å². The lowest BCUT2D eigenvalue weighted by atomic mass is 9.87. The molecule has 0 aromatic heterocycles. The average Bonchev–Trinajstić information content (AvgIpc) is 2.20. The minimum atomic E-state index is 0.513. The van der Waals surface area contributed by atoms with Crippen molar-refractivity contribution in [2.45, 2.75) is 73.5 Å². The first-order chi connectivity index (χ1) is 6.46. The Morgan fingerprint density at radius 3 is 1.43 bits per heavy atom. The highest BCUT2D eigenvalue weighted by Gasteiger charge is 2.21. The molecule has 0 rings (SSSR count). The summed E-state index contributed by atoms with van der Waals surface area (Å²) >= 11 is 1.96. The van der Waals surface area contributed by atoms with E-state index in [2.05, 4.69) is 47.8 Å². The van der Waals surface area contributed by atoms with Crippen molar-refractivity contribution in [3.63, 3.8) is 0 Å². The Bertz CT molecular complexity index is 87.2. The molecule has 0 radical (unpaired) electrons. The van der Waals surface area contributed by atoms with E-state index < -0.39 is 0 Å². The fourth-order valence-corrected chi connectivity index (χ4v) is 1.41. The quantitative estimate of drug-likeness (QED) is 0.595. The Labute approximate surface area is 97.3 Å². The van der Waals surface area contributed by atoms with E-state index in [9.17, 15) is 0 Å². The molecule has 0 fully saturated rings. The van der Waals surface area contributed by atoms with Crippen molar-refractivity contribution in [3.05, 3.63) is 0 Å². The molecule has 0 saturated heterocycles. The van der Waals surface area contributed by atoms with E-state index >= 15 is 0 Å². The first kappa shape index (κ1) is 19.9. The maximum atomic E-state index is 2.33. The van der Waals surface area contributed by atoms with Gasteiger partial charge in [-0.25, -0.2) is 0 Å². The van der Waals surface area contributed by atoms with Gasteiger partial charge in [0, 0.05) is 5.25 Å². The molecule has 0 aliphatic heterocycles. The molecule has 0 aromatic rings. The van der Waals surface area contributed by atoms with Crippen LogP contribution in [0.4, 0.5) is 0 Å². The van der Waals surface area contributed by atoms with Crippen molar-refractivity contribution in [1.29, 1.82) is 0 Å². The van der Waals surface area contributed by atoms with Crippen molar-refractivity contribution in [2.75, 3.05) is 6.26 Å². The Morgan fingerprint density at radius 2 is 1.36 bits per heavy atom. The van der Waals surface area contributed by atoms with Crippen LogP contribution in [0.5, 0.6) is 0 Å². The zero-order valence-electron chi connectivity index (χ0n) is 11.9. The molecule has 0 spiro atoms. The van der Waals surface area contributed by atoms with Crippen LogP contribution in [0, 0.1) is 5.41 Å². The minimum absolute atomic E-state index is 0.513. The maximum Gasteiger partial charge on any atom is 0.00670 e. The van der Waals surface area contributed by atoms with Gasteiger partial charge >= 0.3 is 0 Å². The van der Waals surface area contributed by atoms with E-state index in [0.717, 1.165) is 5.25 Å². The second-order valence-electron chi connectivity index (χ2n) is 3.93. The van der Waals surface area contributed by atoms with Gasteiger partial charge in [-0.05, 0) is 18.1 Å². The molecule has 1 atom stereocenters. The highest BCUT2D eigenvalue weighted by molar-refractivity contribution is 7.99. The summed E-state index contributed by atoms with van der Waals surface area (Å²) in [6, 6.07) is 0. The lowest BCUT2D eigenvalue weighted by Crippen LogP contribution is -2.22. The largest absolute Gasteiger partial charge is 0.162 e. The average molecular weight is 220 g/mol. The molecule has 0 bridgehead atoms. The third-order valence-electron chi connectivity index (χ3n) is 2.37. The molecule has 0 aliphatic carbocycles. The normalized spacial score (nSPS) is 11.8. The molecule has 0 aliphatic rings. The molecule has 14 heavy (non-hydrogen) atoms. The second-order valence-corrected chi connectivity index (χ2v) is 5.11. The number of rotatable bonds is 3. The highest BCUT2D eigenvalue weighted by atomic mass is 32.2. The first-order valence-corrected chi connectivity index (χ1v) is 7.27. The Kier molecular flexibility index (Phi) is 18.9. The lowest BCUT2D eigenvalue weighted by Gasteiger charge is -2.28. The van der Waals surface area contributed by atoms with E-state index in [1.807, 2.05) is 25.6 Å². The first-order valence-electron chi connectivity index (χ1n) is 5.98. The second kappa shape index (κ2) is 13.4. The Balaban J connectivity index is -0.000000205. The summed E-state index contributed by atoms with van der Waals surface area (Å²) in [5, 5.41) is 0.780. The van der Waals surface area contributed by atoms with Gasteiger partial charge in [-0.15, -0.1) is 0 Å². The fourth-order valence-electron chi connectivity index (χ4n) is 0.606. The molecule has 90 valence electrons. The van der Waals surface area contributed by atoms with Gasteiger partial charge in [0.2, 0.25) is 0 Å². The van der Waals surface area contributed by atoms with Crippen molar-refractivity contribution in [2.24, 2.45) is 5.41 Å². The Morgan fingerprint density at radius 1 is 1.07 bits per heavy atom. The molecule has 1 heteroatoms. The summed E-state index contributed by atoms with van der Waals surface area (Å²) < 4.78 is 0. The summed E-state index contributed by atoms with van der Waals surface area (Å²) in [4.78, 5) is 0. The van der Waals surface area contributed by atoms with Gasteiger partial charge in [0.1, 0.15) is 0 Å². The number of hydrogen-bond acceptors (Lipinski definition) is 1. The molecule has 0 heterocycles. The van der Waals surface area contributed by atoms with Gasteiger partial charge in [0.15, 0.2) is 0 Å². The fraction of sp³-hybridized carbons (Fsp3) is 1.00. The number of thioether (sulfide) groups is 1. The third-order valence-corrected chi connectivity index (χ3v) is 3.71. The smallest absolute Gasteiger partial charge is 0.00670 e. The van der Waals surface area contributed by atoms with Gasteiger partial charge in [-0.1, -0.05) is 61.8 Å². The Hall–Kier alpha value is 0.350. The van der Waals surface area contributed by atoms with Gasteiger partial charge in [-0.2, -0.15) is 11.8 Å². The van der Waals surface area contributed by atoms with Crippen molar-refractivity contribution >= 4 is 11.8 Å². The van der Waals surface area contributed by atoms with Crippen LogP contribution in [0.3, 0.4) is 0 Å². The lowest BCUT2D eigenvalue weighted by molar-refractivity contribution is 0.350. The summed E-state index contributed by atoms with van der Waals surface area (Å²) in [7, 11) is 0. The van der Waals surface area contributed by atoms with Crippen LogP contribution in [-0.4, -0.2) is 11.5 Å². The van der Waals surface area contributed by atoms with Crippen molar-refractivity contribution < 1.29 is 0 Å². The monoisotopic (exact) mass is 220 g/mol. The van der Waals surface area contributed by atoms with Crippen LogP contribution in [-0.2, 0) is 0 Å². The van der Waals surface area contributed by atoms with Crippen LogP contribution >= 0.6 is 11.8 Å². The van der Waals surface area contributed by atoms with Crippen LogP contribution in [0.25, 0.3) is 0 Å². The minimum Gasteiger partial charge on any atom is -0.162 e. The highest BCUT2D eigenvalue weighted by Crippen LogP contribution is 2.31. The van der Waals surface area contributed by atoms with E-state index in [1.54, 1.807) is 0 Å². The third kappa shape index (κ3) is 12.3. The van der Waals surface area contributed by atoms with Crippen LogP contribution in [0.2, 0.25) is 0 Å². The predicted octanol–water partition coefficient (Wildman–Crippen LogP) is 5.62. The SMILES string of the molecule is CC.CCC.CCC(C)(C)C(C)SC. The van der Waals surface area contributed by atoms with Gasteiger partial charge < -0.3 is 0 Å². The number of hydrogen-bond donors (Lipinski definition) is 0. The van der Waals surface area contributed by atoms with E-state index in [-0.39, 0.29) is 0 Å². The molecule has 1 unspecified atom stereocenters. The maximum absolute atomic E-state index is 2.33. The molecule has 0 N–H and O–H groups in total. The van der Waals surface area contributed by atoms with Gasteiger partial charge in [0.05, 0.1) is 0 Å². The predicted molar refractivity (Wildman–Crippen MR) is 74.4 cm³/mol. The van der Waals surface area contributed by atoms with Gasteiger partial charge in [-0.3, -0.25) is 0 Å². The molecular weight excluding hydrogens is 188 g/mol. The molecule has 0 aromatic carbocycles. The zero-order chi connectivity index (χ0) is 12.2. The summed E-state index contributed by atoms with van der Waals surface area (Å²) in [5.41, 5.74) is 0.513. The molecule has 0 saturated carbocycles. The zero-order valence-corrected chi connectivity index (χ0v) is 12.7. The summed E-state index contributed by atoms with van der Waals surface area (Å²) in [5.74, 6) is 0. The summed E-state index contributed by atoms with van der Waals surface area (Å²) in [6.45, 7) is 17.5. The van der Waals surface area contributed by atoms with Gasteiger partial charge in [0.25, 0.3) is 0 Å². The van der Waals surface area contributed by atoms with Crippen LogP contribution < -0.4 is 0 Å². The van der Waals surface area contributed by atoms with Crippen LogP contribution in [0.15, 0.2) is 0 Å². The van der Waals surface area contributed by atoms with Crippen LogP contribution in [0.1, 0.15) is 68.2 Å². The van der Waals surface area contributed by atoms with Crippen molar-refractivity contribution in [3.8, 4) is 0 Å². The molecule has 0 nitrogen and oxygen atoms in total.